The van der Waals surface area contributed by atoms with Crippen molar-refractivity contribution < 1.29 is 4.79 Å². The molecule has 3 heteroatoms. The van der Waals surface area contributed by atoms with Crippen LogP contribution in [-0.2, 0) is 0 Å². The zero-order valence-electron chi connectivity index (χ0n) is 10.1. The molecule has 14 heavy (non-hydrogen) atoms. The van der Waals surface area contributed by atoms with Gasteiger partial charge in [-0.15, -0.1) is 0 Å². The Bertz CT molecular complexity index is 230. The third-order valence-corrected chi connectivity index (χ3v) is 4.18. The van der Waals surface area contributed by atoms with E-state index in [9.17, 15) is 4.79 Å². The number of carbonyl (C=O) groups excluding carboxylic acids is 1. The van der Waals surface area contributed by atoms with Gasteiger partial charge in [-0.1, -0.05) is 27.7 Å². The minimum atomic E-state index is 0.00324. The number of amides is 2. The van der Waals surface area contributed by atoms with Crippen molar-refractivity contribution in [3.05, 3.63) is 0 Å². The molecule has 0 radical (unpaired) electrons. The second kappa shape index (κ2) is 3.14. The number of hydrogen-bond acceptors (Lipinski definition) is 1. The highest BCUT2D eigenvalue weighted by Crippen LogP contribution is 2.67. The zero-order valence-corrected chi connectivity index (χ0v) is 10.1. The third kappa shape index (κ3) is 1.60. The molecule has 1 rings (SSSR count). The highest BCUT2D eigenvalue weighted by atomic mass is 16.2. The van der Waals surface area contributed by atoms with E-state index in [1.807, 2.05) is 0 Å². The molecule has 0 unspecified atom stereocenters. The van der Waals surface area contributed by atoms with Crippen LogP contribution in [0.3, 0.4) is 0 Å². The summed E-state index contributed by atoms with van der Waals surface area (Å²) in [7, 11) is 3.52. The van der Waals surface area contributed by atoms with Crippen molar-refractivity contribution in [1.29, 1.82) is 0 Å². The van der Waals surface area contributed by atoms with Gasteiger partial charge in [0.2, 0.25) is 0 Å². The summed E-state index contributed by atoms with van der Waals surface area (Å²) in [6.07, 6.45) is 0. The molecule has 3 nitrogen and oxygen atoms in total. The minimum Gasteiger partial charge on any atom is -0.338 e. The van der Waals surface area contributed by atoms with Crippen molar-refractivity contribution in [2.45, 2.75) is 27.7 Å². The van der Waals surface area contributed by atoms with Gasteiger partial charge in [-0.05, 0) is 16.7 Å². The van der Waals surface area contributed by atoms with Crippen LogP contribution >= 0.6 is 0 Å². The molecule has 1 aliphatic carbocycles. The Labute approximate surface area is 86.9 Å². The smallest absolute Gasteiger partial charge is 0.316 e. The maximum atomic E-state index is 11.3. The first kappa shape index (κ1) is 11.3. The number of nitrogens with one attached hydrogen (secondary N) is 1. The molecule has 1 fully saturated rings. The molecule has 0 bridgehead atoms. The first-order valence-corrected chi connectivity index (χ1v) is 5.16. The van der Waals surface area contributed by atoms with Crippen LogP contribution in [0.2, 0.25) is 0 Å². The Hall–Kier alpha value is -0.730. The van der Waals surface area contributed by atoms with E-state index < -0.39 is 0 Å². The molecule has 0 saturated heterocycles. The molecule has 1 N–H and O–H groups in total. The van der Waals surface area contributed by atoms with Gasteiger partial charge >= 0.3 is 6.03 Å². The fourth-order valence-corrected chi connectivity index (χ4v) is 2.19. The summed E-state index contributed by atoms with van der Waals surface area (Å²) in [4.78, 5) is 12.9. The number of hydrogen-bond donors (Lipinski definition) is 1. The molecule has 0 aromatic heterocycles. The SMILES string of the molecule is CN(C)C(=O)NCC1C(C)(C)C1(C)C. The highest BCUT2D eigenvalue weighted by Gasteiger charge is 2.64. The van der Waals surface area contributed by atoms with Crippen LogP contribution < -0.4 is 5.32 Å². The van der Waals surface area contributed by atoms with E-state index in [0.717, 1.165) is 6.54 Å². The standard InChI is InChI=1S/C11H22N2O/c1-10(2)8(11(10,3)4)7-12-9(14)13(5)6/h8H,7H2,1-6H3,(H,12,14). The largest absolute Gasteiger partial charge is 0.338 e. The quantitative estimate of drug-likeness (QED) is 0.722. The normalized spacial score (nSPS) is 23.0. The molecule has 0 aromatic carbocycles. The van der Waals surface area contributed by atoms with Crippen molar-refractivity contribution in [3.63, 3.8) is 0 Å². The molecule has 0 heterocycles. The second-order valence-corrected chi connectivity index (χ2v) is 5.58. The van der Waals surface area contributed by atoms with Crippen LogP contribution in [0.15, 0.2) is 0 Å². The zero-order chi connectivity index (χ0) is 11.1. The maximum absolute atomic E-state index is 11.3. The Morgan fingerprint density at radius 3 is 1.93 bits per heavy atom. The van der Waals surface area contributed by atoms with E-state index in [1.165, 1.54) is 0 Å². The van der Waals surface area contributed by atoms with Crippen LogP contribution in [0.1, 0.15) is 27.7 Å². The molecule has 1 aliphatic rings. The molecule has 82 valence electrons. The van der Waals surface area contributed by atoms with E-state index in [1.54, 1.807) is 19.0 Å². The molecular formula is C11H22N2O. The van der Waals surface area contributed by atoms with Crippen LogP contribution in [0.4, 0.5) is 4.79 Å². The Morgan fingerprint density at radius 2 is 1.64 bits per heavy atom. The van der Waals surface area contributed by atoms with Gasteiger partial charge < -0.3 is 10.2 Å². The van der Waals surface area contributed by atoms with Crippen LogP contribution in [-0.4, -0.2) is 31.6 Å². The van der Waals surface area contributed by atoms with Crippen molar-refractivity contribution in [2.24, 2.45) is 16.7 Å². The Kier molecular flexibility index (Phi) is 2.55. The van der Waals surface area contributed by atoms with Crippen molar-refractivity contribution in [3.8, 4) is 0 Å². The lowest BCUT2D eigenvalue weighted by atomic mass is 10.0. The summed E-state index contributed by atoms with van der Waals surface area (Å²) in [5.41, 5.74) is 0.708. The molecule has 1 saturated carbocycles. The van der Waals surface area contributed by atoms with E-state index >= 15 is 0 Å². The second-order valence-electron chi connectivity index (χ2n) is 5.58. The van der Waals surface area contributed by atoms with Gasteiger partial charge in [0.1, 0.15) is 0 Å². The summed E-state index contributed by atoms with van der Waals surface area (Å²) >= 11 is 0. The highest BCUT2D eigenvalue weighted by molar-refractivity contribution is 5.73. The summed E-state index contributed by atoms with van der Waals surface area (Å²) in [5, 5.41) is 2.94. The first-order chi connectivity index (χ1) is 6.21. The summed E-state index contributed by atoms with van der Waals surface area (Å²) in [6.45, 7) is 9.84. The predicted molar refractivity (Wildman–Crippen MR) is 58.1 cm³/mol. The Balaban J connectivity index is 2.40. The van der Waals surface area contributed by atoms with E-state index in [4.69, 9.17) is 0 Å². The van der Waals surface area contributed by atoms with Gasteiger partial charge in [-0.2, -0.15) is 0 Å². The summed E-state index contributed by atoms with van der Waals surface area (Å²) in [6, 6.07) is 0.00324. The fraction of sp³-hybridized carbons (Fsp3) is 0.909. The predicted octanol–water partition coefficient (Wildman–Crippen LogP) is 1.94. The lowest BCUT2D eigenvalue weighted by Crippen LogP contribution is -2.36. The van der Waals surface area contributed by atoms with Crippen LogP contribution in [0, 0.1) is 16.7 Å². The van der Waals surface area contributed by atoms with E-state index in [2.05, 4.69) is 33.0 Å². The summed E-state index contributed by atoms with van der Waals surface area (Å²) < 4.78 is 0. The van der Waals surface area contributed by atoms with Gasteiger partial charge in [-0.3, -0.25) is 0 Å². The minimum absolute atomic E-state index is 0.00324. The summed E-state index contributed by atoms with van der Waals surface area (Å²) in [5.74, 6) is 0.596. The van der Waals surface area contributed by atoms with Crippen molar-refractivity contribution in [2.75, 3.05) is 20.6 Å². The molecule has 0 aromatic rings. The number of carbonyl (C=O) groups is 1. The van der Waals surface area contributed by atoms with Crippen molar-refractivity contribution >= 4 is 6.03 Å². The topological polar surface area (TPSA) is 32.3 Å². The van der Waals surface area contributed by atoms with Gasteiger partial charge in [0.05, 0.1) is 0 Å². The number of urea groups is 1. The van der Waals surface area contributed by atoms with E-state index in [-0.39, 0.29) is 6.03 Å². The molecule has 0 atom stereocenters. The van der Waals surface area contributed by atoms with Gasteiger partial charge in [0, 0.05) is 20.6 Å². The first-order valence-electron chi connectivity index (χ1n) is 5.16. The number of rotatable bonds is 2. The lowest BCUT2D eigenvalue weighted by molar-refractivity contribution is 0.216. The monoisotopic (exact) mass is 198 g/mol. The lowest BCUT2D eigenvalue weighted by Gasteiger charge is -2.12. The average molecular weight is 198 g/mol. The molecule has 0 aliphatic heterocycles. The fourth-order valence-electron chi connectivity index (χ4n) is 2.19. The molecule has 2 amide bonds. The Morgan fingerprint density at radius 1 is 1.21 bits per heavy atom. The van der Waals surface area contributed by atoms with Gasteiger partial charge in [0.15, 0.2) is 0 Å². The van der Waals surface area contributed by atoms with E-state index in [0.29, 0.717) is 16.7 Å². The van der Waals surface area contributed by atoms with Gasteiger partial charge in [-0.25, -0.2) is 4.79 Å². The average Bonchev–Trinajstić information content (AvgIpc) is 2.39. The third-order valence-electron chi connectivity index (χ3n) is 4.18. The van der Waals surface area contributed by atoms with Crippen molar-refractivity contribution in [1.82, 2.24) is 10.2 Å². The number of nitrogens with zero attached hydrogens (tertiary/aromatic N) is 1. The maximum Gasteiger partial charge on any atom is 0.316 e. The molecular weight excluding hydrogens is 176 g/mol. The molecule has 0 spiro atoms. The van der Waals surface area contributed by atoms with Crippen LogP contribution in [0.5, 0.6) is 0 Å². The van der Waals surface area contributed by atoms with Crippen LogP contribution in [0.25, 0.3) is 0 Å². The van der Waals surface area contributed by atoms with Gasteiger partial charge in [0.25, 0.3) is 0 Å².